The first-order valence-electron chi connectivity index (χ1n) is 5.34. The Bertz CT molecular complexity index is 184. The van der Waals surface area contributed by atoms with Gasteiger partial charge < -0.3 is 5.32 Å². The van der Waals surface area contributed by atoms with Crippen molar-refractivity contribution in [3.05, 3.63) is 0 Å². The van der Waals surface area contributed by atoms with E-state index in [4.69, 9.17) is 0 Å². The molecule has 0 spiro atoms. The van der Waals surface area contributed by atoms with E-state index in [0.29, 0.717) is 25.8 Å². The molecular weight excluding hydrogens is 223 g/mol. The molecule has 2 unspecified atom stereocenters. The van der Waals surface area contributed by atoms with Crippen LogP contribution in [0.4, 0.5) is 13.2 Å². The van der Waals surface area contributed by atoms with Gasteiger partial charge in [0.1, 0.15) is 0 Å². The van der Waals surface area contributed by atoms with Crippen LogP contribution in [-0.2, 0) is 0 Å². The molecule has 0 aromatic carbocycles. The fraction of sp³-hybridized carbons (Fsp3) is 1.00. The number of nitrogens with one attached hydrogen (secondary N) is 1. The molecule has 0 amide bonds. The van der Waals surface area contributed by atoms with Gasteiger partial charge >= 0.3 is 6.18 Å². The van der Waals surface area contributed by atoms with Gasteiger partial charge in [0, 0.05) is 18.3 Å². The van der Waals surface area contributed by atoms with Crippen LogP contribution in [0.15, 0.2) is 0 Å². The predicted octanol–water partition coefficient (Wildman–Crippen LogP) is 3.06. The zero-order valence-electron chi connectivity index (χ0n) is 8.94. The van der Waals surface area contributed by atoms with Gasteiger partial charge in [-0.3, -0.25) is 0 Å². The van der Waals surface area contributed by atoms with E-state index in [-0.39, 0.29) is 6.04 Å². The van der Waals surface area contributed by atoms with Crippen molar-refractivity contribution in [2.24, 2.45) is 5.92 Å². The van der Waals surface area contributed by atoms with Gasteiger partial charge in [0.05, 0.1) is 5.92 Å². The van der Waals surface area contributed by atoms with Crippen molar-refractivity contribution in [1.82, 2.24) is 5.32 Å². The van der Waals surface area contributed by atoms with Gasteiger partial charge in [-0.2, -0.15) is 24.9 Å². The molecule has 0 radical (unpaired) electrons. The number of halogens is 3. The van der Waals surface area contributed by atoms with Gasteiger partial charge in [-0.05, 0) is 19.1 Å². The first-order chi connectivity index (χ1) is 7.05. The molecule has 1 aliphatic carbocycles. The Morgan fingerprint density at radius 1 is 1.27 bits per heavy atom. The van der Waals surface area contributed by atoms with E-state index in [0.717, 1.165) is 12.2 Å². The molecule has 0 aromatic heterocycles. The number of alkyl halides is 3. The predicted molar refractivity (Wildman–Crippen MR) is 58.2 cm³/mol. The summed E-state index contributed by atoms with van der Waals surface area (Å²) in [5.74, 6) is -0.255. The number of thioether (sulfide) groups is 1. The van der Waals surface area contributed by atoms with Gasteiger partial charge in [0.2, 0.25) is 0 Å². The van der Waals surface area contributed by atoms with Gasteiger partial charge in [0.25, 0.3) is 0 Å². The van der Waals surface area contributed by atoms with Crippen molar-refractivity contribution in [3.8, 4) is 0 Å². The molecule has 1 saturated carbocycles. The van der Waals surface area contributed by atoms with Gasteiger partial charge in [-0.25, -0.2) is 0 Å². The summed E-state index contributed by atoms with van der Waals surface area (Å²) in [6, 6.07) is -0.356. The van der Waals surface area contributed by atoms with Crippen molar-refractivity contribution in [1.29, 1.82) is 0 Å². The van der Waals surface area contributed by atoms with Crippen molar-refractivity contribution in [2.75, 3.05) is 18.6 Å². The third kappa shape index (κ3) is 4.23. The lowest BCUT2D eigenvalue weighted by Crippen LogP contribution is -2.46. The molecule has 1 nitrogen and oxygen atoms in total. The summed E-state index contributed by atoms with van der Waals surface area (Å²) in [5, 5.41) is 3.04. The van der Waals surface area contributed by atoms with Crippen molar-refractivity contribution < 1.29 is 13.2 Å². The largest absolute Gasteiger partial charge is 0.393 e. The van der Waals surface area contributed by atoms with Crippen LogP contribution in [0.25, 0.3) is 0 Å². The first-order valence-corrected chi connectivity index (χ1v) is 6.74. The SMILES string of the molecule is CSCCNC1CCCCC1C(F)(F)F. The Labute approximate surface area is 93.2 Å². The van der Waals surface area contributed by atoms with Crippen LogP contribution in [0.1, 0.15) is 25.7 Å². The zero-order chi connectivity index (χ0) is 11.3. The lowest BCUT2D eigenvalue weighted by Gasteiger charge is -2.33. The van der Waals surface area contributed by atoms with E-state index < -0.39 is 12.1 Å². The number of hydrogen-bond donors (Lipinski definition) is 1. The van der Waals surface area contributed by atoms with E-state index in [1.165, 1.54) is 0 Å². The van der Waals surface area contributed by atoms with Crippen LogP contribution in [-0.4, -0.2) is 30.8 Å². The Hall–Kier alpha value is 0.100. The molecule has 0 bridgehead atoms. The summed E-state index contributed by atoms with van der Waals surface area (Å²) >= 11 is 1.66. The van der Waals surface area contributed by atoms with E-state index in [2.05, 4.69) is 5.32 Å². The quantitative estimate of drug-likeness (QED) is 0.759. The molecule has 15 heavy (non-hydrogen) atoms. The monoisotopic (exact) mass is 241 g/mol. The number of rotatable bonds is 4. The summed E-state index contributed by atoms with van der Waals surface area (Å²) in [5.41, 5.74) is 0. The molecule has 1 rings (SSSR count). The average Bonchev–Trinajstić information content (AvgIpc) is 2.17. The third-order valence-electron chi connectivity index (χ3n) is 2.90. The van der Waals surface area contributed by atoms with Crippen LogP contribution in [0.3, 0.4) is 0 Å². The standard InChI is InChI=1S/C10H18F3NS/c1-15-7-6-14-9-5-3-2-4-8(9)10(11,12)13/h8-9,14H,2-7H2,1H3. The Kier molecular flexibility index (Phi) is 5.26. The zero-order valence-corrected chi connectivity index (χ0v) is 9.76. The van der Waals surface area contributed by atoms with E-state index in [9.17, 15) is 13.2 Å². The van der Waals surface area contributed by atoms with Crippen molar-refractivity contribution in [3.63, 3.8) is 0 Å². The highest BCUT2D eigenvalue weighted by atomic mass is 32.2. The summed E-state index contributed by atoms with van der Waals surface area (Å²) in [6.45, 7) is 0.679. The molecule has 1 aliphatic rings. The second kappa shape index (κ2) is 5.99. The Morgan fingerprint density at radius 3 is 2.53 bits per heavy atom. The molecular formula is C10H18F3NS. The minimum Gasteiger partial charge on any atom is -0.313 e. The normalized spacial score (nSPS) is 28.0. The summed E-state index contributed by atoms with van der Waals surface area (Å²) in [7, 11) is 0. The van der Waals surface area contributed by atoms with Gasteiger partial charge in [0.15, 0.2) is 0 Å². The maximum absolute atomic E-state index is 12.7. The molecule has 2 atom stereocenters. The second-order valence-corrected chi connectivity index (χ2v) is 4.97. The highest BCUT2D eigenvalue weighted by Crippen LogP contribution is 2.37. The van der Waals surface area contributed by atoms with Crippen LogP contribution in [0.2, 0.25) is 0 Å². The fourth-order valence-corrected chi connectivity index (χ4v) is 2.44. The molecule has 0 heterocycles. The molecule has 5 heteroatoms. The van der Waals surface area contributed by atoms with E-state index in [1.807, 2.05) is 6.26 Å². The summed E-state index contributed by atoms with van der Waals surface area (Å²) < 4.78 is 38.0. The van der Waals surface area contributed by atoms with Gasteiger partial charge in [-0.1, -0.05) is 12.8 Å². The maximum atomic E-state index is 12.7. The fourth-order valence-electron chi connectivity index (χ4n) is 2.11. The maximum Gasteiger partial charge on any atom is 0.393 e. The molecule has 90 valence electrons. The minimum atomic E-state index is -4.03. The van der Waals surface area contributed by atoms with Crippen molar-refractivity contribution >= 4 is 11.8 Å². The average molecular weight is 241 g/mol. The topological polar surface area (TPSA) is 12.0 Å². The van der Waals surface area contributed by atoms with Crippen LogP contribution in [0.5, 0.6) is 0 Å². The van der Waals surface area contributed by atoms with Crippen molar-refractivity contribution in [2.45, 2.75) is 37.9 Å². The molecule has 1 fully saturated rings. The lowest BCUT2D eigenvalue weighted by molar-refractivity contribution is -0.188. The summed E-state index contributed by atoms with van der Waals surface area (Å²) in [4.78, 5) is 0. The second-order valence-electron chi connectivity index (χ2n) is 3.99. The van der Waals surface area contributed by atoms with Crippen LogP contribution >= 0.6 is 11.8 Å². The molecule has 0 aliphatic heterocycles. The van der Waals surface area contributed by atoms with Crippen LogP contribution < -0.4 is 5.32 Å². The van der Waals surface area contributed by atoms with E-state index >= 15 is 0 Å². The Morgan fingerprint density at radius 2 is 1.93 bits per heavy atom. The van der Waals surface area contributed by atoms with Gasteiger partial charge in [-0.15, -0.1) is 0 Å². The van der Waals surface area contributed by atoms with Crippen LogP contribution in [0, 0.1) is 5.92 Å². The first kappa shape index (κ1) is 13.2. The highest BCUT2D eigenvalue weighted by molar-refractivity contribution is 7.98. The molecule has 0 aromatic rings. The lowest BCUT2D eigenvalue weighted by atomic mass is 9.84. The third-order valence-corrected chi connectivity index (χ3v) is 3.51. The Balaban J connectivity index is 2.43. The summed E-state index contributed by atoms with van der Waals surface area (Å²) in [6.07, 6.45) is 0.522. The smallest absolute Gasteiger partial charge is 0.313 e. The highest BCUT2D eigenvalue weighted by Gasteiger charge is 2.45. The number of hydrogen-bond acceptors (Lipinski definition) is 2. The minimum absolute atomic E-state index is 0.292. The molecule has 0 saturated heterocycles. The molecule has 1 N–H and O–H groups in total. The van der Waals surface area contributed by atoms with E-state index in [1.54, 1.807) is 11.8 Å².